The van der Waals surface area contributed by atoms with Crippen LogP contribution in [0.25, 0.3) is 0 Å². The number of hydrogen-bond acceptors (Lipinski definition) is 5. The molecular weight excluding hydrogens is 351 g/mol. The Kier molecular flexibility index (Phi) is 5.34. The molecule has 1 aromatic heterocycles. The maximum absolute atomic E-state index is 12.2. The minimum absolute atomic E-state index is 0.174. The number of halogens is 3. The van der Waals surface area contributed by atoms with Crippen molar-refractivity contribution in [2.75, 3.05) is 18.4 Å². The number of benzene rings is 1. The van der Waals surface area contributed by atoms with Crippen LogP contribution >= 0.6 is 0 Å². The molecule has 1 heterocycles. The molecule has 0 saturated heterocycles. The first-order chi connectivity index (χ1) is 11.2. The van der Waals surface area contributed by atoms with Gasteiger partial charge in [0.1, 0.15) is 5.75 Å². The van der Waals surface area contributed by atoms with Crippen LogP contribution in [0.1, 0.15) is 0 Å². The van der Waals surface area contributed by atoms with Crippen LogP contribution < -0.4 is 9.46 Å². The van der Waals surface area contributed by atoms with Crippen molar-refractivity contribution in [2.45, 2.75) is 17.8 Å². The molecule has 11 heteroatoms. The SMILES string of the molecule is COCCn1cc(NS(=O)(=O)c2cccc(OC(F)(F)F)c2)cn1. The van der Waals surface area contributed by atoms with E-state index in [-0.39, 0.29) is 10.6 Å². The van der Waals surface area contributed by atoms with Gasteiger partial charge in [-0.05, 0) is 12.1 Å². The van der Waals surface area contributed by atoms with Crippen LogP contribution in [-0.4, -0.2) is 38.3 Å². The number of ether oxygens (including phenoxy) is 2. The van der Waals surface area contributed by atoms with E-state index in [9.17, 15) is 21.6 Å². The standard InChI is InChI=1S/C13H14F3N3O4S/c1-22-6-5-19-9-10(8-17-19)18-24(20,21)12-4-2-3-11(7-12)23-13(14,15)16/h2-4,7-9,18H,5-6H2,1H3. The Hall–Kier alpha value is -2.27. The number of rotatable bonds is 7. The molecule has 2 rings (SSSR count). The summed E-state index contributed by atoms with van der Waals surface area (Å²) < 4.78 is 73.4. The van der Waals surface area contributed by atoms with E-state index in [1.165, 1.54) is 24.2 Å². The summed E-state index contributed by atoms with van der Waals surface area (Å²) in [4.78, 5) is -0.367. The van der Waals surface area contributed by atoms with Crippen LogP contribution in [0.2, 0.25) is 0 Å². The molecule has 132 valence electrons. The lowest BCUT2D eigenvalue weighted by atomic mass is 10.3. The molecule has 0 aliphatic heterocycles. The topological polar surface area (TPSA) is 82.5 Å². The average molecular weight is 365 g/mol. The zero-order valence-corrected chi connectivity index (χ0v) is 13.3. The summed E-state index contributed by atoms with van der Waals surface area (Å²) in [6, 6.07) is 4.10. The number of sulfonamides is 1. The molecular formula is C13H14F3N3O4S. The molecule has 0 fully saturated rings. The van der Waals surface area contributed by atoms with Gasteiger partial charge >= 0.3 is 6.36 Å². The van der Waals surface area contributed by atoms with E-state index in [2.05, 4.69) is 14.6 Å². The molecule has 0 bridgehead atoms. The first-order valence-electron chi connectivity index (χ1n) is 6.60. The maximum Gasteiger partial charge on any atom is 0.573 e. The van der Waals surface area contributed by atoms with Gasteiger partial charge in [-0.3, -0.25) is 9.40 Å². The summed E-state index contributed by atoms with van der Waals surface area (Å²) in [5.41, 5.74) is 0.174. The minimum Gasteiger partial charge on any atom is -0.406 e. The molecule has 7 nitrogen and oxygen atoms in total. The van der Waals surface area contributed by atoms with E-state index in [4.69, 9.17) is 4.74 Å². The quantitative estimate of drug-likeness (QED) is 0.814. The second kappa shape index (κ2) is 7.09. The number of anilines is 1. The van der Waals surface area contributed by atoms with E-state index in [0.717, 1.165) is 24.3 Å². The summed E-state index contributed by atoms with van der Waals surface area (Å²) in [6.07, 6.45) is -2.19. The highest BCUT2D eigenvalue weighted by Crippen LogP contribution is 2.25. The highest BCUT2D eigenvalue weighted by Gasteiger charge is 2.31. The van der Waals surface area contributed by atoms with Crippen molar-refractivity contribution in [1.29, 1.82) is 0 Å². The molecule has 0 unspecified atom stereocenters. The van der Waals surface area contributed by atoms with Crippen LogP contribution in [0.5, 0.6) is 5.75 Å². The monoisotopic (exact) mass is 365 g/mol. The van der Waals surface area contributed by atoms with E-state index in [1.807, 2.05) is 0 Å². The van der Waals surface area contributed by atoms with Gasteiger partial charge in [0.05, 0.1) is 29.9 Å². The molecule has 0 aliphatic rings. The van der Waals surface area contributed by atoms with Crippen LogP contribution in [0.15, 0.2) is 41.6 Å². The van der Waals surface area contributed by atoms with Crippen molar-refractivity contribution < 1.29 is 31.1 Å². The number of alkyl halides is 3. The third-order valence-electron chi connectivity index (χ3n) is 2.76. The second-order valence-electron chi connectivity index (χ2n) is 4.61. The predicted molar refractivity (Wildman–Crippen MR) is 78.0 cm³/mol. The smallest absolute Gasteiger partial charge is 0.406 e. The Bertz CT molecular complexity index is 790. The molecule has 0 spiro atoms. The zero-order valence-electron chi connectivity index (χ0n) is 12.4. The largest absolute Gasteiger partial charge is 0.573 e. The van der Waals surface area contributed by atoms with Crippen LogP contribution in [0.4, 0.5) is 18.9 Å². The maximum atomic E-state index is 12.2. The fraction of sp³-hybridized carbons (Fsp3) is 0.308. The van der Waals surface area contributed by atoms with Gasteiger partial charge in [-0.25, -0.2) is 8.42 Å². The van der Waals surface area contributed by atoms with Crippen molar-refractivity contribution in [3.8, 4) is 5.75 Å². The zero-order chi connectivity index (χ0) is 17.8. The first kappa shape index (κ1) is 18.1. The van der Waals surface area contributed by atoms with Gasteiger partial charge < -0.3 is 9.47 Å². The summed E-state index contributed by atoms with van der Waals surface area (Å²) >= 11 is 0. The van der Waals surface area contributed by atoms with E-state index in [1.54, 1.807) is 0 Å². The number of aromatic nitrogens is 2. The lowest BCUT2D eigenvalue weighted by Gasteiger charge is -2.10. The van der Waals surface area contributed by atoms with E-state index < -0.39 is 22.1 Å². The van der Waals surface area contributed by atoms with Crippen LogP contribution in [0, 0.1) is 0 Å². The van der Waals surface area contributed by atoms with Gasteiger partial charge in [0.15, 0.2) is 0 Å². The number of hydrogen-bond donors (Lipinski definition) is 1. The molecule has 0 atom stereocenters. The lowest BCUT2D eigenvalue weighted by molar-refractivity contribution is -0.274. The summed E-state index contributed by atoms with van der Waals surface area (Å²) in [7, 11) is -2.56. The van der Waals surface area contributed by atoms with Gasteiger partial charge in [0.2, 0.25) is 0 Å². The molecule has 1 N–H and O–H groups in total. The summed E-state index contributed by atoms with van der Waals surface area (Å²) in [6.45, 7) is 0.817. The number of methoxy groups -OCH3 is 1. The van der Waals surface area contributed by atoms with E-state index >= 15 is 0 Å². The number of nitrogens with one attached hydrogen (secondary N) is 1. The Morgan fingerprint density at radius 2 is 2.08 bits per heavy atom. The normalized spacial score (nSPS) is 12.2. The van der Waals surface area contributed by atoms with Crippen molar-refractivity contribution in [1.82, 2.24) is 9.78 Å². The third kappa shape index (κ3) is 5.13. The second-order valence-corrected chi connectivity index (χ2v) is 6.30. The van der Waals surface area contributed by atoms with Crippen LogP contribution in [-0.2, 0) is 21.3 Å². The van der Waals surface area contributed by atoms with Crippen molar-refractivity contribution >= 4 is 15.7 Å². The Morgan fingerprint density at radius 3 is 2.75 bits per heavy atom. The fourth-order valence-corrected chi connectivity index (χ4v) is 2.84. The predicted octanol–water partition coefficient (Wildman–Crippen LogP) is 2.23. The third-order valence-corrected chi connectivity index (χ3v) is 4.14. The fourth-order valence-electron chi connectivity index (χ4n) is 1.78. The lowest BCUT2D eigenvalue weighted by Crippen LogP contribution is -2.18. The minimum atomic E-state index is -4.90. The Morgan fingerprint density at radius 1 is 1.33 bits per heavy atom. The number of nitrogens with zero attached hydrogens (tertiary/aromatic N) is 2. The van der Waals surface area contributed by atoms with Gasteiger partial charge in [0.25, 0.3) is 10.0 Å². The molecule has 1 aromatic carbocycles. The molecule has 2 aromatic rings. The van der Waals surface area contributed by atoms with Crippen molar-refractivity contribution in [3.05, 3.63) is 36.7 Å². The first-order valence-corrected chi connectivity index (χ1v) is 8.08. The highest BCUT2D eigenvalue weighted by molar-refractivity contribution is 7.92. The van der Waals surface area contributed by atoms with Gasteiger partial charge in [-0.2, -0.15) is 5.10 Å². The highest BCUT2D eigenvalue weighted by atomic mass is 32.2. The van der Waals surface area contributed by atoms with Crippen molar-refractivity contribution in [2.24, 2.45) is 0 Å². The van der Waals surface area contributed by atoms with Crippen LogP contribution in [0.3, 0.4) is 0 Å². The summed E-state index contributed by atoms with van der Waals surface area (Å²) in [5.74, 6) is -0.624. The molecule has 24 heavy (non-hydrogen) atoms. The summed E-state index contributed by atoms with van der Waals surface area (Å²) in [5, 5.41) is 3.93. The van der Waals surface area contributed by atoms with Gasteiger partial charge in [-0.15, -0.1) is 13.2 Å². The van der Waals surface area contributed by atoms with Crippen molar-refractivity contribution in [3.63, 3.8) is 0 Å². The average Bonchev–Trinajstić information content (AvgIpc) is 2.90. The van der Waals surface area contributed by atoms with Gasteiger partial charge in [-0.1, -0.05) is 6.07 Å². The Balaban J connectivity index is 2.15. The molecule has 0 aliphatic carbocycles. The molecule has 0 saturated carbocycles. The van der Waals surface area contributed by atoms with E-state index in [0.29, 0.717) is 13.2 Å². The molecule has 0 amide bonds. The Labute approximate surface area is 136 Å². The van der Waals surface area contributed by atoms with Gasteiger partial charge in [0, 0.05) is 19.4 Å². The molecule has 0 radical (unpaired) electrons.